The highest BCUT2D eigenvalue weighted by molar-refractivity contribution is 5.91. The van der Waals surface area contributed by atoms with E-state index >= 15 is 0 Å². The number of pyridine rings is 1. The van der Waals surface area contributed by atoms with Crippen molar-refractivity contribution in [3.05, 3.63) is 54.0 Å². The van der Waals surface area contributed by atoms with Crippen LogP contribution >= 0.6 is 0 Å². The highest BCUT2D eigenvalue weighted by Crippen LogP contribution is 2.35. The Kier molecular flexibility index (Phi) is 4.41. The van der Waals surface area contributed by atoms with E-state index in [9.17, 15) is 0 Å². The molecule has 1 aliphatic rings. The number of aromatic nitrogens is 5. The monoisotopic (exact) mass is 372 g/mol. The number of hydrogen-bond acceptors (Lipinski definition) is 4. The molecule has 1 aliphatic heterocycles. The normalized spacial score (nSPS) is 15.3. The first kappa shape index (κ1) is 17.1. The largest absolute Gasteiger partial charge is 0.354 e. The number of aryl methyl sites for hydroxylation is 1. The first-order valence-corrected chi connectivity index (χ1v) is 10.0. The maximum atomic E-state index is 4.44. The van der Waals surface area contributed by atoms with Gasteiger partial charge in [0.1, 0.15) is 12.0 Å². The molecule has 142 valence electrons. The number of rotatable bonds is 4. The summed E-state index contributed by atoms with van der Waals surface area (Å²) in [6.45, 7) is 4.45. The highest BCUT2D eigenvalue weighted by Gasteiger charge is 2.18. The fourth-order valence-electron chi connectivity index (χ4n) is 4.33. The van der Waals surface area contributed by atoms with Gasteiger partial charge in [-0.05, 0) is 73.7 Å². The lowest BCUT2D eigenvalue weighted by Crippen LogP contribution is -2.26. The molecule has 0 atom stereocenters. The van der Waals surface area contributed by atoms with Crippen molar-refractivity contribution in [1.82, 2.24) is 30.5 Å². The third kappa shape index (κ3) is 2.99. The van der Waals surface area contributed by atoms with E-state index in [-0.39, 0.29) is 0 Å². The van der Waals surface area contributed by atoms with Crippen molar-refractivity contribution in [2.45, 2.75) is 32.1 Å². The molecule has 0 spiro atoms. The number of nitrogens with zero attached hydrogens (tertiary/aromatic N) is 3. The SMILES string of the molecule is CCc1c(-c2ccnc(-c3nnc[nH]3)c2)[nH]c2ccc(C3CCNCC3)cc12. The molecule has 3 aromatic heterocycles. The number of hydrogen-bond donors (Lipinski definition) is 3. The fraction of sp³-hybridized carbons (Fsp3) is 0.318. The first-order chi connectivity index (χ1) is 13.8. The summed E-state index contributed by atoms with van der Waals surface area (Å²) in [5.41, 5.74) is 7.11. The van der Waals surface area contributed by atoms with Crippen molar-refractivity contribution in [3.63, 3.8) is 0 Å². The summed E-state index contributed by atoms with van der Waals surface area (Å²) >= 11 is 0. The Bertz CT molecular complexity index is 1090. The van der Waals surface area contributed by atoms with Crippen LogP contribution in [0.1, 0.15) is 36.8 Å². The minimum atomic E-state index is 0.660. The second-order valence-electron chi connectivity index (χ2n) is 7.43. The lowest BCUT2D eigenvalue weighted by atomic mass is 9.89. The molecule has 4 heterocycles. The van der Waals surface area contributed by atoms with Crippen molar-refractivity contribution >= 4 is 10.9 Å². The quantitative estimate of drug-likeness (QED) is 0.505. The van der Waals surface area contributed by atoms with Gasteiger partial charge >= 0.3 is 0 Å². The van der Waals surface area contributed by atoms with Gasteiger partial charge in [-0.2, -0.15) is 0 Å². The van der Waals surface area contributed by atoms with Crippen molar-refractivity contribution in [2.24, 2.45) is 0 Å². The molecule has 28 heavy (non-hydrogen) atoms. The van der Waals surface area contributed by atoms with Crippen LogP contribution in [-0.2, 0) is 6.42 Å². The Morgan fingerprint density at radius 2 is 2.00 bits per heavy atom. The van der Waals surface area contributed by atoms with Gasteiger partial charge in [0.2, 0.25) is 0 Å². The van der Waals surface area contributed by atoms with Gasteiger partial charge < -0.3 is 15.3 Å². The van der Waals surface area contributed by atoms with E-state index in [1.165, 1.54) is 40.6 Å². The number of benzene rings is 1. The maximum Gasteiger partial charge on any atom is 0.179 e. The predicted molar refractivity (Wildman–Crippen MR) is 111 cm³/mol. The van der Waals surface area contributed by atoms with Gasteiger partial charge in [-0.15, -0.1) is 10.2 Å². The van der Waals surface area contributed by atoms with Crippen molar-refractivity contribution < 1.29 is 0 Å². The van der Waals surface area contributed by atoms with Crippen LogP contribution in [0.25, 0.3) is 33.7 Å². The van der Waals surface area contributed by atoms with Crippen molar-refractivity contribution in [2.75, 3.05) is 13.1 Å². The smallest absolute Gasteiger partial charge is 0.179 e. The summed E-state index contributed by atoms with van der Waals surface area (Å²) in [5.74, 6) is 1.34. The van der Waals surface area contributed by atoms with Gasteiger partial charge in [0.15, 0.2) is 5.82 Å². The van der Waals surface area contributed by atoms with Gasteiger partial charge in [0, 0.05) is 28.4 Å². The van der Waals surface area contributed by atoms with Crippen LogP contribution in [-0.4, -0.2) is 38.2 Å². The average molecular weight is 372 g/mol. The minimum Gasteiger partial charge on any atom is -0.354 e. The lowest BCUT2D eigenvalue weighted by molar-refractivity contribution is 0.460. The van der Waals surface area contributed by atoms with Crippen LogP contribution in [0.4, 0.5) is 0 Å². The zero-order chi connectivity index (χ0) is 18.9. The Balaban J connectivity index is 1.59. The molecule has 6 heteroatoms. The first-order valence-electron chi connectivity index (χ1n) is 10.0. The van der Waals surface area contributed by atoms with E-state index in [2.05, 4.69) is 67.7 Å². The molecule has 0 aliphatic carbocycles. The molecule has 1 saturated heterocycles. The molecule has 1 fully saturated rings. The maximum absolute atomic E-state index is 4.44. The summed E-state index contributed by atoms with van der Waals surface area (Å²) in [7, 11) is 0. The minimum absolute atomic E-state index is 0.660. The molecule has 5 rings (SSSR count). The van der Waals surface area contributed by atoms with Crippen LogP contribution in [0.2, 0.25) is 0 Å². The van der Waals surface area contributed by atoms with E-state index < -0.39 is 0 Å². The summed E-state index contributed by atoms with van der Waals surface area (Å²) in [6.07, 6.45) is 6.82. The second-order valence-corrected chi connectivity index (χ2v) is 7.43. The molecule has 0 radical (unpaired) electrons. The highest BCUT2D eigenvalue weighted by atomic mass is 15.2. The molecule has 0 unspecified atom stereocenters. The van der Waals surface area contributed by atoms with Gasteiger partial charge in [0.05, 0.1) is 0 Å². The number of nitrogens with one attached hydrogen (secondary N) is 3. The van der Waals surface area contributed by atoms with Crippen LogP contribution in [0.15, 0.2) is 42.9 Å². The van der Waals surface area contributed by atoms with E-state index in [1.54, 1.807) is 6.33 Å². The summed E-state index contributed by atoms with van der Waals surface area (Å²) < 4.78 is 0. The van der Waals surface area contributed by atoms with E-state index in [4.69, 9.17) is 0 Å². The van der Waals surface area contributed by atoms with E-state index in [1.807, 2.05) is 6.20 Å². The molecular weight excluding hydrogens is 348 g/mol. The average Bonchev–Trinajstić information content (AvgIpc) is 3.42. The molecule has 0 amide bonds. The number of H-pyrrole nitrogens is 2. The standard InChI is InChI=1S/C22H24N6/c1-2-17-18-11-15(14-5-8-23-9-6-14)3-4-19(18)27-21(17)16-7-10-24-20(12-16)22-25-13-26-28-22/h3-4,7,10-14,23,27H,2,5-6,8-9H2,1H3,(H,25,26,28). The molecular formula is C22H24N6. The van der Waals surface area contributed by atoms with E-state index in [0.717, 1.165) is 30.8 Å². The molecule has 6 nitrogen and oxygen atoms in total. The summed E-state index contributed by atoms with van der Waals surface area (Å²) in [6, 6.07) is 11.1. The topological polar surface area (TPSA) is 82.3 Å². The zero-order valence-electron chi connectivity index (χ0n) is 16.0. The third-order valence-corrected chi connectivity index (χ3v) is 5.80. The Hall–Kier alpha value is -2.99. The molecule has 1 aromatic carbocycles. The molecule has 0 bridgehead atoms. The summed E-state index contributed by atoms with van der Waals surface area (Å²) in [4.78, 5) is 11.1. The Labute approximate surface area is 163 Å². The molecule has 4 aromatic rings. The number of piperidine rings is 1. The van der Waals surface area contributed by atoms with Gasteiger partial charge in [0.25, 0.3) is 0 Å². The summed E-state index contributed by atoms with van der Waals surface area (Å²) in [5, 5.41) is 12.8. The van der Waals surface area contributed by atoms with Gasteiger partial charge in [-0.3, -0.25) is 4.98 Å². The van der Waals surface area contributed by atoms with Gasteiger partial charge in [-0.1, -0.05) is 13.0 Å². The number of fused-ring (bicyclic) bond motifs is 1. The van der Waals surface area contributed by atoms with Crippen molar-refractivity contribution in [3.8, 4) is 22.8 Å². The molecule has 3 N–H and O–H groups in total. The molecule has 0 saturated carbocycles. The number of aromatic amines is 2. The van der Waals surface area contributed by atoms with Crippen LogP contribution in [0.5, 0.6) is 0 Å². The van der Waals surface area contributed by atoms with Crippen LogP contribution in [0, 0.1) is 0 Å². The van der Waals surface area contributed by atoms with Crippen molar-refractivity contribution in [1.29, 1.82) is 0 Å². The lowest BCUT2D eigenvalue weighted by Gasteiger charge is -2.23. The Morgan fingerprint density at radius 3 is 2.79 bits per heavy atom. The third-order valence-electron chi connectivity index (χ3n) is 5.80. The van der Waals surface area contributed by atoms with Crippen LogP contribution < -0.4 is 5.32 Å². The second kappa shape index (κ2) is 7.20. The zero-order valence-corrected chi connectivity index (χ0v) is 16.0. The fourth-order valence-corrected chi connectivity index (χ4v) is 4.33. The van der Waals surface area contributed by atoms with E-state index in [0.29, 0.717) is 11.7 Å². The van der Waals surface area contributed by atoms with Gasteiger partial charge in [-0.25, -0.2) is 0 Å². The predicted octanol–water partition coefficient (Wildman–Crippen LogP) is 4.04. The Morgan fingerprint density at radius 1 is 1.11 bits per heavy atom. The van der Waals surface area contributed by atoms with Crippen LogP contribution in [0.3, 0.4) is 0 Å².